The molecule has 8 heteroatoms. The SMILES string of the molecule is O=C(Nc1nc(C=Cc2ncco2)cs1)c1cccn1Cc1ccncc1. The number of hydrogen-bond donors (Lipinski definition) is 1. The Kier molecular flexibility index (Phi) is 4.88. The summed E-state index contributed by atoms with van der Waals surface area (Å²) in [7, 11) is 0. The second-order valence-corrected chi connectivity index (χ2v) is 6.47. The summed E-state index contributed by atoms with van der Waals surface area (Å²) < 4.78 is 7.03. The first kappa shape index (κ1) is 16.9. The van der Waals surface area contributed by atoms with Gasteiger partial charge in [-0.1, -0.05) is 0 Å². The maximum Gasteiger partial charge on any atom is 0.274 e. The van der Waals surface area contributed by atoms with Gasteiger partial charge in [-0.2, -0.15) is 0 Å². The molecular weight excluding hydrogens is 362 g/mol. The molecule has 0 saturated carbocycles. The molecule has 0 aliphatic rings. The molecule has 0 radical (unpaired) electrons. The lowest BCUT2D eigenvalue weighted by molar-refractivity contribution is 0.101. The van der Waals surface area contributed by atoms with Crippen molar-refractivity contribution >= 4 is 34.5 Å². The van der Waals surface area contributed by atoms with Crippen LogP contribution in [-0.4, -0.2) is 25.4 Å². The second-order valence-electron chi connectivity index (χ2n) is 5.61. The van der Waals surface area contributed by atoms with E-state index in [1.807, 2.05) is 34.3 Å². The number of amides is 1. The first-order valence-corrected chi connectivity index (χ1v) is 9.04. The van der Waals surface area contributed by atoms with Gasteiger partial charge in [-0.3, -0.25) is 15.1 Å². The van der Waals surface area contributed by atoms with Gasteiger partial charge in [-0.05, 0) is 35.9 Å². The number of anilines is 1. The molecule has 0 bridgehead atoms. The van der Waals surface area contributed by atoms with Crippen LogP contribution in [0.5, 0.6) is 0 Å². The van der Waals surface area contributed by atoms with E-state index in [2.05, 4.69) is 20.3 Å². The fourth-order valence-electron chi connectivity index (χ4n) is 2.50. The number of aromatic nitrogens is 4. The summed E-state index contributed by atoms with van der Waals surface area (Å²) in [5, 5.41) is 5.23. The largest absolute Gasteiger partial charge is 0.445 e. The molecule has 0 aliphatic carbocycles. The number of nitrogens with one attached hydrogen (secondary N) is 1. The molecule has 0 aliphatic heterocycles. The molecule has 0 fully saturated rings. The van der Waals surface area contributed by atoms with Crippen LogP contribution in [0.4, 0.5) is 5.13 Å². The second kappa shape index (κ2) is 7.79. The topological polar surface area (TPSA) is 85.8 Å². The molecule has 0 unspecified atom stereocenters. The Morgan fingerprint density at radius 1 is 1.22 bits per heavy atom. The van der Waals surface area contributed by atoms with Crippen molar-refractivity contribution in [2.75, 3.05) is 5.32 Å². The van der Waals surface area contributed by atoms with E-state index in [1.165, 1.54) is 17.6 Å². The molecule has 7 nitrogen and oxygen atoms in total. The van der Waals surface area contributed by atoms with Gasteiger partial charge in [0.2, 0.25) is 5.89 Å². The van der Waals surface area contributed by atoms with Crippen molar-refractivity contribution in [3.8, 4) is 0 Å². The zero-order chi connectivity index (χ0) is 18.5. The summed E-state index contributed by atoms with van der Waals surface area (Å²) in [6.07, 6.45) is 11.9. The van der Waals surface area contributed by atoms with Crippen molar-refractivity contribution < 1.29 is 9.21 Å². The van der Waals surface area contributed by atoms with Gasteiger partial charge in [0, 0.05) is 36.6 Å². The maximum absolute atomic E-state index is 12.6. The fourth-order valence-corrected chi connectivity index (χ4v) is 3.17. The Hall–Kier alpha value is -3.52. The lowest BCUT2D eigenvalue weighted by Gasteiger charge is -2.08. The molecule has 4 heterocycles. The Labute approximate surface area is 159 Å². The number of rotatable bonds is 6. The molecule has 0 saturated heterocycles. The third-order valence-corrected chi connectivity index (χ3v) is 4.53. The molecule has 27 heavy (non-hydrogen) atoms. The molecule has 0 aromatic carbocycles. The van der Waals surface area contributed by atoms with E-state index in [4.69, 9.17) is 4.42 Å². The van der Waals surface area contributed by atoms with Crippen molar-refractivity contribution in [3.05, 3.63) is 83.5 Å². The number of nitrogens with zero attached hydrogens (tertiary/aromatic N) is 4. The average molecular weight is 377 g/mol. The monoisotopic (exact) mass is 377 g/mol. The van der Waals surface area contributed by atoms with Crippen LogP contribution in [0.25, 0.3) is 12.2 Å². The van der Waals surface area contributed by atoms with Crippen LogP contribution in [-0.2, 0) is 6.54 Å². The van der Waals surface area contributed by atoms with Gasteiger partial charge < -0.3 is 8.98 Å². The summed E-state index contributed by atoms with van der Waals surface area (Å²) in [6.45, 7) is 0.597. The number of thiazole rings is 1. The highest BCUT2D eigenvalue weighted by atomic mass is 32.1. The first-order chi connectivity index (χ1) is 13.3. The smallest absolute Gasteiger partial charge is 0.274 e. The van der Waals surface area contributed by atoms with Crippen molar-refractivity contribution in [1.82, 2.24) is 19.5 Å². The Balaban J connectivity index is 1.43. The lowest BCUT2D eigenvalue weighted by atomic mass is 10.2. The van der Waals surface area contributed by atoms with Crippen LogP contribution in [0.2, 0.25) is 0 Å². The van der Waals surface area contributed by atoms with Crippen molar-refractivity contribution in [1.29, 1.82) is 0 Å². The molecule has 4 aromatic rings. The summed E-state index contributed by atoms with van der Waals surface area (Å²) in [5.74, 6) is 0.300. The van der Waals surface area contributed by atoms with Gasteiger partial charge in [0.1, 0.15) is 12.0 Å². The number of oxazole rings is 1. The average Bonchev–Trinajstić information content (AvgIpc) is 3.43. The number of hydrogen-bond acceptors (Lipinski definition) is 6. The van der Waals surface area contributed by atoms with E-state index < -0.39 is 0 Å². The van der Waals surface area contributed by atoms with Gasteiger partial charge >= 0.3 is 0 Å². The number of carbonyl (C=O) groups excluding carboxylic acids is 1. The summed E-state index contributed by atoms with van der Waals surface area (Å²) in [4.78, 5) is 25.0. The van der Waals surface area contributed by atoms with E-state index in [-0.39, 0.29) is 5.91 Å². The summed E-state index contributed by atoms with van der Waals surface area (Å²) in [6, 6.07) is 7.49. The number of pyridine rings is 1. The van der Waals surface area contributed by atoms with Gasteiger partial charge in [0.15, 0.2) is 5.13 Å². The van der Waals surface area contributed by atoms with Crippen LogP contribution < -0.4 is 5.32 Å². The van der Waals surface area contributed by atoms with Crippen molar-refractivity contribution in [2.24, 2.45) is 0 Å². The zero-order valence-corrected chi connectivity index (χ0v) is 15.0. The van der Waals surface area contributed by atoms with Gasteiger partial charge in [0.05, 0.1) is 11.9 Å². The third kappa shape index (κ3) is 4.18. The van der Waals surface area contributed by atoms with Crippen molar-refractivity contribution in [2.45, 2.75) is 6.54 Å². The van der Waals surface area contributed by atoms with Crippen LogP contribution in [0.15, 0.2) is 65.1 Å². The molecule has 134 valence electrons. The Morgan fingerprint density at radius 3 is 2.93 bits per heavy atom. The maximum atomic E-state index is 12.6. The molecule has 1 N–H and O–H groups in total. The summed E-state index contributed by atoms with van der Waals surface area (Å²) >= 11 is 1.36. The highest BCUT2D eigenvalue weighted by Crippen LogP contribution is 2.18. The predicted molar refractivity (Wildman–Crippen MR) is 103 cm³/mol. The van der Waals surface area contributed by atoms with Gasteiger partial charge in [-0.15, -0.1) is 11.3 Å². The van der Waals surface area contributed by atoms with E-state index >= 15 is 0 Å². The van der Waals surface area contributed by atoms with Crippen LogP contribution >= 0.6 is 11.3 Å². The third-order valence-electron chi connectivity index (χ3n) is 3.75. The molecule has 1 amide bonds. The normalized spacial score (nSPS) is 11.1. The van der Waals surface area contributed by atoms with Crippen LogP contribution in [0, 0.1) is 0 Å². The van der Waals surface area contributed by atoms with E-state index in [1.54, 1.807) is 36.8 Å². The molecular formula is C19H15N5O2S. The van der Waals surface area contributed by atoms with Crippen LogP contribution in [0.3, 0.4) is 0 Å². The minimum absolute atomic E-state index is 0.202. The highest BCUT2D eigenvalue weighted by molar-refractivity contribution is 7.14. The lowest BCUT2D eigenvalue weighted by Crippen LogP contribution is -2.17. The van der Waals surface area contributed by atoms with E-state index in [0.29, 0.717) is 23.3 Å². The highest BCUT2D eigenvalue weighted by Gasteiger charge is 2.13. The molecule has 0 atom stereocenters. The minimum Gasteiger partial charge on any atom is -0.445 e. The molecule has 4 rings (SSSR count). The van der Waals surface area contributed by atoms with Gasteiger partial charge in [-0.25, -0.2) is 9.97 Å². The fraction of sp³-hybridized carbons (Fsp3) is 0.0526. The van der Waals surface area contributed by atoms with Crippen LogP contribution in [0.1, 0.15) is 27.6 Å². The summed E-state index contributed by atoms with van der Waals surface area (Å²) in [5.41, 5.74) is 2.36. The number of carbonyl (C=O) groups is 1. The predicted octanol–water partition coefficient (Wildman–Crippen LogP) is 3.80. The first-order valence-electron chi connectivity index (χ1n) is 8.16. The van der Waals surface area contributed by atoms with Gasteiger partial charge in [0.25, 0.3) is 5.91 Å². The molecule has 0 spiro atoms. The van der Waals surface area contributed by atoms with E-state index in [9.17, 15) is 4.79 Å². The van der Waals surface area contributed by atoms with Crippen molar-refractivity contribution in [3.63, 3.8) is 0 Å². The standard InChI is InChI=1S/C19H15N5O2S/c25-18(16-2-1-10-24(16)12-14-5-7-20-8-6-14)23-19-22-15(13-27-19)3-4-17-21-9-11-26-17/h1-11,13H,12H2,(H,22,23,25). The van der Waals surface area contributed by atoms with E-state index in [0.717, 1.165) is 11.3 Å². The minimum atomic E-state index is -0.202. The Bertz CT molecular complexity index is 1050. The quantitative estimate of drug-likeness (QED) is 0.552. The zero-order valence-electron chi connectivity index (χ0n) is 14.1. The Morgan fingerprint density at radius 2 is 2.11 bits per heavy atom. The molecule has 4 aromatic heterocycles.